The van der Waals surface area contributed by atoms with Crippen molar-refractivity contribution in [2.75, 3.05) is 5.32 Å². The molecule has 1 aliphatic rings. The fourth-order valence-electron chi connectivity index (χ4n) is 2.91. The van der Waals surface area contributed by atoms with Gasteiger partial charge in [-0.25, -0.2) is 0 Å². The van der Waals surface area contributed by atoms with Crippen molar-refractivity contribution in [3.8, 4) is 0 Å². The summed E-state index contributed by atoms with van der Waals surface area (Å²) in [6, 6.07) is 7.78. The summed E-state index contributed by atoms with van der Waals surface area (Å²) in [5, 5.41) is 5.80. The smallest absolute Gasteiger partial charge is 0.282 e. The lowest BCUT2D eigenvalue weighted by Gasteiger charge is -2.28. The molecule has 0 aliphatic heterocycles. The number of carbonyl (C=O) groups excluding carboxylic acids is 1. The Kier molecular flexibility index (Phi) is 5.44. The van der Waals surface area contributed by atoms with Crippen LogP contribution in [0.4, 0.5) is 5.69 Å². The number of anilines is 1. The van der Waals surface area contributed by atoms with E-state index >= 15 is 0 Å². The Hall–Kier alpha value is -1.06. The summed E-state index contributed by atoms with van der Waals surface area (Å²) in [7, 11) is 0. The number of rotatable bonds is 4. The molecule has 3 nitrogen and oxygen atoms in total. The van der Waals surface area contributed by atoms with Crippen LogP contribution >= 0.6 is 11.6 Å². The van der Waals surface area contributed by atoms with Gasteiger partial charge in [0.05, 0.1) is 6.04 Å². The van der Waals surface area contributed by atoms with Gasteiger partial charge in [0.2, 0.25) is 0 Å². The fourth-order valence-corrected chi connectivity index (χ4v) is 3.10. The third-order valence-electron chi connectivity index (χ3n) is 4.22. The van der Waals surface area contributed by atoms with Gasteiger partial charge < -0.3 is 10.6 Å². The Morgan fingerprint density at radius 1 is 1.40 bits per heavy atom. The zero-order valence-corrected chi connectivity index (χ0v) is 13.0. The van der Waals surface area contributed by atoms with Gasteiger partial charge in [-0.05, 0) is 44.4 Å². The van der Waals surface area contributed by atoms with Crippen molar-refractivity contribution in [2.45, 2.75) is 51.6 Å². The van der Waals surface area contributed by atoms with E-state index in [0.717, 1.165) is 5.69 Å². The first kappa shape index (κ1) is 15.3. The number of hydrogen-bond acceptors (Lipinski definition) is 1. The van der Waals surface area contributed by atoms with Crippen molar-refractivity contribution < 1.29 is 10.1 Å². The van der Waals surface area contributed by atoms with Crippen LogP contribution in [0.5, 0.6) is 0 Å². The molecule has 1 fully saturated rings. The summed E-state index contributed by atoms with van der Waals surface area (Å²) in [6.07, 6.45) is 5.11. The highest BCUT2D eigenvalue weighted by atomic mass is 35.5. The van der Waals surface area contributed by atoms with Gasteiger partial charge in [-0.15, -0.1) is 0 Å². The van der Waals surface area contributed by atoms with E-state index in [2.05, 4.69) is 17.6 Å². The van der Waals surface area contributed by atoms with Gasteiger partial charge in [0, 0.05) is 16.6 Å². The first-order valence-corrected chi connectivity index (χ1v) is 7.85. The Labute approximate surface area is 126 Å². The minimum Gasteiger partial charge on any atom is -0.334 e. The van der Waals surface area contributed by atoms with Crippen LogP contribution in [0.15, 0.2) is 24.3 Å². The van der Waals surface area contributed by atoms with E-state index in [9.17, 15) is 4.79 Å². The zero-order valence-electron chi connectivity index (χ0n) is 12.2. The summed E-state index contributed by atoms with van der Waals surface area (Å²) in [5.74, 6) is 0.746. The Bertz CT molecular complexity index is 464. The number of nitrogens with two attached hydrogens (primary N) is 1. The maximum absolute atomic E-state index is 12.2. The van der Waals surface area contributed by atoms with Crippen LogP contribution in [0.3, 0.4) is 0 Å². The second kappa shape index (κ2) is 7.09. The van der Waals surface area contributed by atoms with E-state index in [4.69, 9.17) is 11.6 Å². The maximum atomic E-state index is 12.2. The van der Waals surface area contributed by atoms with Crippen LogP contribution in [0, 0.1) is 5.92 Å². The molecule has 110 valence electrons. The quantitative estimate of drug-likeness (QED) is 0.881. The highest BCUT2D eigenvalue weighted by Gasteiger charge is 2.28. The summed E-state index contributed by atoms with van der Waals surface area (Å²) in [6.45, 7) is 4.27. The topological polar surface area (TPSA) is 45.7 Å². The molecule has 0 radical (unpaired) electrons. The molecule has 3 N–H and O–H groups in total. The lowest BCUT2D eigenvalue weighted by molar-refractivity contribution is -0.714. The average Bonchev–Trinajstić information content (AvgIpc) is 2.41. The molecule has 3 atom stereocenters. The van der Waals surface area contributed by atoms with Crippen molar-refractivity contribution in [2.24, 2.45) is 5.92 Å². The summed E-state index contributed by atoms with van der Waals surface area (Å²) in [5.41, 5.74) is 0.763. The molecule has 20 heavy (non-hydrogen) atoms. The van der Waals surface area contributed by atoms with Gasteiger partial charge in [-0.1, -0.05) is 31.0 Å². The highest BCUT2D eigenvalue weighted by molar-refractivity contribution is 6.30. The third-order valence-corrected chi connectivity index (χ3v) is 4.45. The second-order valence-electron chi connectivity index (χ2n) is 5.91. The number of nitrogens with one attached hydrogen (secondary N) is 1. The van der Waals surface area contributed by atoms with E-state index in [0.29, 0.717) is 17.0 Å². The molecule has 1 aromatic carbocycles. The van der Waals surface area contributed by atoms with Gasteiger partial charge in [-0.2, -0.15) is 0 Å². The summed E-state index contributed by atoms with van der Waals surface area (Å²) < 4.78 is 0. The predicted molar refractivity (Wildman–Crippen MR) is 82.9 cm³/mol. The molecule has 0 bridgehead atoms. The Morgan fingerprint density at radius 3 is 2.85 bits per heavy atom. The molecular weight excluding hydrogens is 272 g/mol. The molecule has 2 rings (SSSR count). The van der Waals surface area contributed by atoms with Crippen LogP contribution in [0.2, 0.25) is 5.02 Å². The third kappa shape index (κ3) is 4.22. The number of benzene rings is 1. The number of amides is 1. The molecule has 0 unspecified atom stereocenters. The van der Waals surface area contributed by atoms with Crippen molar-refractivity contribution in [3.63, 3.8) is 0 Å². The van der Waals surface area contributed by atoms with Crippen LogP contribution in [0.25, 0.3) is 0 Å². The maximum Gasteiger partial charge on any atom is 0.282 e. The molecule has 1 amide bonds. The molecule has 1 saturated carbocycles. The van der Waals surface area contributed by atoms with Crippen LogP contribution in [-0.2, 0) is 4.79 Å². The number of quaternary nitrogens is 1. The minimum absolute atomic E-state index is 0.0463. The second-order valence-corrected chi connectivity index (χ2v) is 6.34. The molecule has 1 aromatic rings. The summed E-state index contributed by atoms with van der Waals surface area (Å²) in [4.78, 5) is 12.2. The number of halogens is 1. The lowest BCUT2D eigenvalue weighted by atomic mass is 9.85. The van der Waals surface area contributed by atoms with Crippen molar-refractivity contribution >= 4 is 23.2 Å². The molecule has 0 aromatic heterocycles. The number of carbonyl (C=O) groups is 1. The normalized spacial score (nSPS) is 24.1. The zero-order chi connectivity index (χ0) is 14.5. The largest absolute Gasteiger partial charge is 0.334 e. The molecule has 4 heteroatoms. The van der Waals surface area contributed by atoms with Gasteiger partial charge in [0.15, 0.2) is 6.04 Å². The van der Waals surface area contributed by atoms with Crippen molar-refractivity contribution in [3.05, 3.63) is 29.3 Å². The van der Waals surface area contributed by atoms with E-state index in [-0.39, 0.29) is 11.9 Å². The van der Waals surface area contributed by atoms with Crippen molar-refractivity contribution in [1.82, 2.24) is 0 Å². The molecule has 1 aliphatic carbocycles. The molecule has 0 spiro atoms. The molecule has 0 saturated heterocycles. The average molecular weight is 296 g/mol. The van der Waals surface area contributed by atoms with Gasteiger partial charge in [0.1, 0.15) is 0 Å². The molecular formula is C16H24ClN2O+. The van der Waals surface area contributed by atoms with Gasteiger partial charge in [0.25, 0.3) is 5.91 Å². The van der Waals surface area contributed by atoms with E-state index < -0.39 is 0 Å². The Balaban J connectivity index is 1.88. The standard InChI is InChI=1S/C16H23ClN2O/c1-11-6-3-4-9-15(11)18-12(2)16(20)19-14-8-5-7-13(17)10-14/h5,7-8,10-12,15,18H,3-4,6,9H2,1-2H3,(H,19,20)/p+1/t11-,12-,15-/m0/s1. The highest BCUT2D eigenvalue weighted by Crippen LogP contribution is 2.21. The number of hydrogen-bond donors (Lipinski definition) is 2. The van der Waals surface area contributed by atoms with E-state index in [1.54, 1.807) is 12.1 Å². The SMILES string of the molecule is C[C@H]([NH2+][C@H]1CCCC[C@@H]1C)C(=O)Nc1cccc(Cl)c1. The summed E-state index contributed by atoms with van der Waals surface area (Å²) >= 11 is 5.92. The van der Waals surface area contributed by atoms with Crippen molar-refractivity contribution in [1.29, 1.82) is 0 Å². The van der Waals surface area contributed by atoms with Crippen LogP contribution < -0.4 is 10.6 Å². The first-order valence-electron chi connectivity index (χ1n) is 7.47. The minimum atomic E-state index is -0.0699. The monoisotopic (exact) mass is 295 g/mol. The van der Waals surface area contributed by atoms with Gasteiger partial charge >= 0.3 is 0 Å². The fraction of sp³-hybridized carbons (Fsp3) is 0.562. The van der Waals surface area contributed by atoms with Crippen LogP contribution in [-0.4, -0.2) is 18.0 Å². The van der Waals surface area contributed by atoms with Gasteiger partial charge in [-0.3, -0.25) is 4.79 Å². The van der Waals surface area contributed by atoms with Crippen LogP contribution in [0.1, 0.15) is 39.5 Å². The first-order chi connectivity index (χ1) is 9.56. The van der Waals surface area contributed by atoms with E-state index in [1.165, 1.54) is 25.7 Å². The Morgan fingerprint density at radius 2 is 2.15 bits per heavy atom. The lowest BCUT2D eigenvalue weighted by Crippen LogP contribution is -2.97. The van der Waals surface area contributed by atoms with E-state index in [1.807, 2.05) is 19.1 Å². The molecule has 0 heterocycles. The predicted octanol–water partition coefficient (Wildman–Crippen LogP) is 2.81.